The first kappa shape index (κ1) is 15.5. The second kappa shape index (κ2) is 6.82. The van der Waals surface area contributed by atoms with Gasteiger partial charge in [0.25, 0.3) is 0 Å². The van der Waals surface area contributed by atoms with Crippen LogP contribution in [0, 0.1) is 13.8 Å². The second-order valence-corrected chi connectivity index (χ2v) is 6.69. The summed E-state index contributed by atoms with van der Waals surface area (Å²) in [5.74, 6) is 0.262. The molecule has 0 saturated carbocycles. The molecule has 2 saturated heterocycles. The van der Waals surface area contributed by atoms with E-state index in [4.69, 9.17) is 4.74 Å². The third-order valence-electron chi connectivity index (χ3n) is 4.86. The molecule has 122 valence electrons. The van der Waals surface area contributed by atoms with Crippen molar-refractivity contribution in [1.82, 2.24) is 14.7 Å². The number of hydrogen-bond donors (Lipinski definition) is 0. The molecule has 0 N–H and O–H groups in total. The van der Waals surface area contributed by atoms with Crippen LogP contribution in [0.3, 0.4) is 0 Å². The molecule has 5 nitrogen and oxygen atoms in total. The maximum absolute atomic E-state index is 12.7. The maximum Gasteiger partial charge on any atom is 0.225 e. The Morgan fingerprint density at radius 1 is 1.32 bits per heavy atom. The van der Waals surface area contributed by atoms with E-state index < -0.39 is 0 Å². The average molecular weight is 305 g/mol. The lowest BCUT2D eigenvalue weighted by atomic mass is 10.0. The van der Waals surface area contributed by atoms with Crippen molar-refractivity contribution >= 4 is 5.91 Å². The summed E-state index contributed by atoms with van der Waals surface area (Å²) in [5, 5.41) is 4.56. The lowest BCUT2D eigenvalue weighted by Gasteiger charge is -2.36. The molecular formula is C17H27N3O2. The van der Waals surface area contributed by atoms with Crippen molar-refractivity contribution in [2.24, 2.45) is 0 Å². The van der Waals surface area contributed by atoms with E-state index in [-0.39, 0.29) is 18.1 Å². The van der Waals surface area contributed by atoms with Gasteiger partial charge >= 0.3 is 0 Å². The normalized spacial score (nSPS) is 25.6. The van der Waals surface area contributed by atoms with Gasteiger partial charge in [0.1, 0.15) is 0 Å². The summed E-state index contributed by atoms with van der Waals surface area (Å²) in [7, 11) is 0. The van der Waals surface area contributed by atoms with Crippen LogP contribution in [0.5, 0.6) is 0 Å². The minimum Gasteiger partial charge on any atom is -0.378 e. The molecule has 5 heteroatoms. The largest absolute Gasteiger partial charge is 0.378 e. The van der Waals surface area contributed by atoms with Crippen LogP contribution in [0.15, 0.2) is 6.07 Å². The van der Waals surface area contributed by atoms with Gasteiger partial charge in [-0.15, -0.1) is 0 Å². The molecule has 0 aliphatic carbocycles. The molecule has 1 amide bonds. The molecule has 0 unspecified atom stereocenters. The fourth-order valence-electron chi connectivity index (χ4n) is 3.70. The van der Waals surface area contributed by atoms with Gasteiger partial charge in [-0.25, -0.2) is 0 Å². The minimum atomic E-state index is 0.142. The molecule has 3 rings (SSSR count). The number of carbonyl (C=O) groups is 1. The highest BCUT2D eigenvalue weighted by Crippen LogP contribution is 2.23. The summed E-state index contributed by atoms with van der Waals surface area (Å²) in [4.78, 5) is 14.7. The Labute approximate surface area is 132 Å². The van der Waals surface area contributed by atoms with Gasteiger partial charge in [0.05, 0.1) is 30.8 Å². The highest BCUT2D eigenvalue weighted by Gasteiger charge is 2.30. The van der Waals surface area contributed by atoms with Crippen LogP contribution in [-0.2, 0) is 16.1 Å². The van der Waals surface area contributed by atoms with Crippen molar-refractivity contribution in [1.29, 1.82) is 0 Å². The summed E-state index contributed by atoms with van der Waals surface area (Å²) in [6, 6.07) is 2.38. The van der Waals surface area contributed by atoms with Gasteiger partial charge in [0.15, 0.2) is 0 Å². The number of ether oxygens (including phenoxy) is 1. The van der Waals surface area contributed by atoms with Crippen molar-refractivity contribution in [3.05, 3.63) is 17.5 Å². The number of likely N-dealkylation sites (tertiary alicyclic amines) is 1. The molecule has 3 heterocycles. The molecule has 0 radical (unpaired) electrons. The summed E-state index contributed by atoms with van der Waals surface area (Å²) in [6.45, 7) is 6.62. The Hall–Kier alpha value is -1.36. The number of piperidine rings is 1. The van der Waals surface area contributed by atoms with Crippen molar-refractivity contribution in [2.75, 3.05) is 13.2 Å². The molecule has 2 atom stereocenters. The SMILES string of the molecule is Cc1cc(C)n(C[C@H]2CCCCN2C(=O)C[C@@H]2CCCO2)n1. The van der Waals surface area contributed by atoms with E-state index in [0.717, 1.165) is 51.1 Å². The van der Waals surface area contributed by atoms with Crippen LogP contribution >= 0.6 is 0 Å². The molecule has 1 aromatic heterocycles. The third-order valence-corrected chi connectivity index (χ3v) is 4.86. The molecule has 0 aromatic carbocycles. The van der Waals surface area contributed by atoms with Crippen LogP contribution in [0.1, 0.15) is 49.9 Å². The van der Waals surface area contributed by atoms with Crippen LogP contribution in [0.25, 0.3) is 0 Å². The topological polar surface area (TPSA) is 47.4 Å². The predicted octanol–water partition coefficient (Wildman–Crippen LogP) is 2.45. The zero-order valence-corrected chi connectivity index (χ0v) is 13.8. The lowest BCUT2D eigenvalue weighted by Crippen LogP contribution is -2.46. The first-order chi connectivity index (χ1) is 10.6. The quantitative estimate of drug-likeness (QED) is 0.858. The van der Waals surface area contributed by atoms with Crippen LogP contribution < -0.4 is 0 Å². The summed E-state index contributed by atoms with van der Waals surface area (Å²) < 4.78 is 7.68. The Bertz CT molecular complexity index is 520. The van der Waals surface area contributed by atoms with Crippen LogP contribution in [-0.4, -0.2) is 45.9 Å². The molecule has 2 aliphatic heterocycles. The number of carbonyl (C=O) groups excluding carboxylic acids is 1. The standard InChI is InChI=1S/C17H27N3O2/c1-13-10-14(2)20(18-13)12-15-6-3-4-8-19(15)17(21)11-16-7-5-9-22-16/h10,15-16H,3-9,11-12H2,1-2H3/t15-,16+/m1/s1. The van der Waals surface area contributed by atoms with E-state index in [1.165, 1.54) is 12.1 Å². The zero-order chi connectivity index (χ0) is 15.5. The monoisotopic (exact) mass is 305 g/mol. The van der Waals surface area contributed by atoms with Crippen molar-refractivity contribution in [2.45, 2.75) is 71.1 Å². The molecule has 1 aromatic rings. The van der Waals surface area contributed by atoms with Crippen LogP contribution in [0.2, 0.25) is 0 Å². The number of aromatic nitrogens is 2. The van der Waals surface area contributed by atoms with Crippen LogP contribution in [0.4, 0.5) is 0 Å². The van der Waals surface area contributed by atoms with Gasteiger partial charge in [-0.05, 0) is 52.0 Å². The van der Waals surface area contributed by atoms with E-state index in [9.17, 15) is 4.79 Å². The highest BCUT2D eigenvalue weighted by molar-refractivity contribution is 5.77. The lowest BCUT2D eigenvalue weighted by molar-refractivity contribution is -0.137. The van der Waals surface area contributed by atoms with E-state index >= 15 is 0 Å². The number of aryl methyl sites for hydroxylation is 2. The molecule has 0 spiro atoms. The first-order valence-electron chi connectivity index (χ1n) is 8.55. The van der Waals surface area contributed by atoms with Crippen molar-refractivity contribution in [3.8, 4) is 0 Å². The second-order valence-electron chi connectivity index (χ2n) is 6.69. The summed E-state index contributed by atoms with van der Waals surface area (Å²) in [5.41, 5.74) is 2.22. The van der Waals surface area contributed by atoms with Gasteiger partial charge in [0.2, 0.25) is 5.91 Å². The Kier molecular flexibility index (Phi) is 4.81. The smallest absolute Gasteiger partial charge is 0.225 e. The van der Waals surface area contributed by atoms with E-state index in [0.29, 0.717) is 6.42 Å². The molecule has 2 aliphatic rings. The van der Waals surface area contributed by atoms with Crippen molar-refractivity contribution in [3.63, 3.8) is 0 Å². The first-order valence-corrected chi connectivity index (χ1v) is 8.55. The molecule has 2 fully saturated rings. The number of hydrogen-bond acceptors (Lipinski definition) is 3. The van der Waals surface area contributed by atoms with Gasteiger partial charge < -0.3 is 9.64 Å². The highest BCUT2D eigenvalue weighted by atomic mass is 16.5. The number of rotatable bonds is 4. The van der Waals surface area contributed by atoms with E-state index in [2.05, 4.69) is 27.7 Å². The molecular weight excluding hydrogens is 278 g/mol. The maximum atomic E-state index is 12.7. The fraction of sp³-hybridized carbons (Fsp3) is 0.765. The molecule has 22 heavy (non-hydrogen) atoms. The van der Waals surface area contributed by atoms with E-state index in [1.807, 2.05) is 6.92 Å². The zero-order valence-electron chi connectivity index (χ0n) is 13.8. The number of nitrogens with zero attached hydrogens (tertiary/aromatic N) is 3. The molecule has 0 bridgehead atoms. The van der Waals surface area contributed by atoms with Gasteiger partial charge in [-0.3, -0.25) is 9.48 Å². The predicted molar refractivity (Wildman–Crippen MR) is 84.6 cm³/mol. The Morgan fingerprint density at radius 2 is 2.18 bits per heavy atom. The third kappa shape index (κ3) is 3.51. The Morgan fingerprint density at radius 3 is 2.86 bits per heavy atom. The Balaban J connectivity index is 1.65. The van der Waals surface area contributed by atoms with Crippen molar-refractivity contribution < 1.29 is 9.53 Å². The summed E-state index contributed by atoms with van der Waals surface area (Å²) in [6.07, 6.45) is 6.21. The average Bonchev–Trinajstić information content (AvgIpc) is 3.10. The van der Waals surface area contributed by atoms with Gasteiger partial charge in [-0.2, -0.15) is 5.10 Å². The fourth-order valence-corrected chi connectivity index (χ4v) is 3.70. The van der Waals surface area contributed by atoms with Gasteiger partial charge in [-0.1, -0.05) is 0 Å². The summed E-state index contributed by atoms with van der Waals surface area (Å²) >= 11 is 0. The van der Waals surface area contributed by atoms with E-state index in [1.54, 1.807) is 0 Å². The van der Waals surface area contributed by atoms with Gasteiger partial charge in [0, 0.05) is 18.8 Å². The number of amides is 1. The minimum absolute atomic E-state index is 0.142.